The van der Waals surface area contributed by atoms with Crippen LogP contribution in [0.3, 0.4) is 0 Å². The van der Waals surface area contributed by atoms with Crippen molar-refractivity contribution >= 4 is 6.47 Å². The second-order valence-corrected chi connectivity index (χ2v) is 1.73. The number of nitrogens with zero attached hydrogens (tertiary/aromatic N) is 2. The van der Waals surface area contributed by atoms with Gasteiger partial charge in [-0.15, -0.1) is 0 Å². The van der Waals surface area contributed by atoms with Gasteiger partial charge in [-0.25, -0.2) is 4.98 Å². The van der Waals surface area contributed by atoms with Crippen molar-refractivity contribution in [2.24, 2.45) is 0 Å². The zero-order valence-electron chi connectivity index (χ0n) is 5.60. The van der Waals surface area contributed by atoms with Gasteiger partial charge in [-0.1, -0.05) is 0 Å². The van der Waals surface area contributed by atoms with Crippen LogP contribution in [-0.4, -0.2) is 21.5 Å². The Morgan fingerprint density at radius 3 is 2.91 bits per heavy atom. The van der Waals surface area contributed by atoms with Crippen LogP contribution < -0.4 is 0 Å². The van der Waals surface area contributed by atoms with E-state index in [0.717, 1.165) is 0 Å². The Labute approximate surface area is 62.7 Å². The standard InChI is InChI=1S/C6H6N2O3/c9-4-11-3-5-6(10)8-2-1-7-5/h1-2,4H,3H2,(H,8,10). The lowest BCUT2D eigenvalue weighted by Crippen LogP contribution is -1.95. The highest BCUT2D eigenvalue weighted by Gasteiger charge is 2.01. The lowest BCUT2D eigenvalue weighted by atomic mass is 10.4. The molecule has 1 N–H and O–H groups in total. The third-order valence-corrected chi connectivity index (χ3v) is 1.04. The first-order valence-corrected chi connectivity index (χ1v) is 2.88. The highest BCUT2D eigenvalue weighted by molar-refractivity contribution is 5.37. The molecule has 5 heteroatoms. The molecule has 1 heterocycles. The zero-order valence-corrected chi connectivity index (χ0v) is 5.60. The van der Waals surface area contributed by atoms with Gasteiger partial charge in [0.05, 0.1) is 0 Å². The van der Waals surface area contributed by atoms with E-state index in [9.17, 15) is 4.79 Å². The molecular weight excluding hydrogens is 148 g/mol. The summed E-state index contributed by atoms with van der Waals surface area (Å²) in [4.78, 5) is 17.0. The van der Waals surface area contributed by atoms with Gasteiger partial charge in [0.15, 0.2) is 0 Å². The molecule has 0 amide bonds. The SMILES string of the molecule is O=COCc1nccnc1O. The first-order valence-electron chi connectivity index (χ1n) is 2.88. The van der Waals surface area contributed by atoms with Gasteiger partial charge in [0.2, 0.25) is 5.88 Å². The molecule has 5 nitrogen and oxygen atoms in total. The van der Waals surface area contributed by atoms with Gasteiger partial charge in [-0.05, 0) is 0 Å². The van der Waals surface area contributed by atoms with Crippen molar-refractivity contribution in [1.29, 1.82) is 0 Å². The molecule has 58 valence electrons. The first kappa shape index (κ1) is 7.46. The average Bonchev–Trinajstić information content (AvgIpc) is 2.03. The molecule has 1 aromatic heterocycles. The van der Waals surface area contributed by atoms with E-state index in [4.69, 9.17) is 5.11 Å². The second-order valence-electron chi connectivity index (χ2n) is 1.73. The fourth-order valence-corrected chi connectivity index (χ4v) is 0.574. The minimum Gasteiger partial charge on any atom is -0.492 e. The van der Waals surface area contributed by atoms with Crippen LogP contribution in [0.4, 0.5) is 0 Å². The minimum atomic E-state index is -0.214. The fourth-order valence-electron chi connectivity index (χ4n) is 0.574. The number of hydrogen-bond acceptors (Lipinski definition) is 5. The van der Waals surface area contributed by atoms with E-state index < -0.39 is 0 Å². The molecule has 0 aliphatic heterocycles. The molecule has 1 rings (SSSR count). The maximum Gasteiger partial charge on any atom is 0.293 e. The van der Waals surface area contributed by atoms with E-state index in [1.165, 1.54) is 12.4 Å². The van der Waals surface area contributed by atoms with E-state index >= 15 is 0 Å². The van der Waals surface area contributed by atoms with E-state index in [2.05, 4.69) is 14.7 Å². The topological polar surface area (TPSA) is 72.3 Å². The predicted molar refractivity (Wildman–Crippen MR) is 34.5 cm³/mol. The normalized spacial score (nSPS) is 9.09. The highest BCUT2D eigenvalue weighted by atomic mass is 16.5. The van der Waals surface area contributed by atoms with Crippen molar-refractivity contribution < 1.29 is 14.6 Å². The Morgan fingerprint density at radius 1 is 1.55 bits per heavy atom. The zero-order chi connectivity index (χ0) is 8.10. The third-order valence-electron chi connectivity index (χ3n) is 1.04. The molecule has 1 aromatic rings. The Hall–Kier alpha value is -1.65. The smallest absolute Gasteiger partial charge is 0.293 e. The summed E-state index contributed by atoms with van der Waals surface area (Å²) in [7, 11) is 0. The summed E-state index contributed by atoms with van der Waals surface area (Å²) in [5.41, 5.74) is 0.250. The molecule has 0 aromatic carbocycles. The van der Waals surface area contributed by atoms with Crippen molar-refractivity contribution in [3.8, 4) is 5.88 Å². The van der Waals surface area contributed by atoms with Gasteiger partial charge in [0, 0.05) is 12.4 Å². The van der Waals surface area contributed by atoms with E-state index in [-0.39, 0.29) is 24.7 Å². The molecule has 0 saturated carbocycles. The fraction of sp³-hybridized carbons (Fsp3) is 0.167. The molecule has 0 atom stereocenters. The molecule has 11 heavy (non-hydrogen) atoms. The average molecular weight is 154 g/mol. The van der Waals surface area contributed by atoms with Crippen LogP contribution in [0.2, 0.25) is 0 Å². The number of rotatable bonds is 3. The number of aromatic hydroxyl groups is 1. The first-order chi connectivity index (χ1) is 5.34. The monoisotopic (exact) mass is 154 g/mol. The summed E-state index contributed by atoms with van der Waals surface area (Å²) in [6.45, 7) is 0.233. The van der Waals surface area contributed by atoms with Crippen LogP contribution in [0.25, 0.3) is 0 Å². The molecule has 0 fully saturated rings. The van der Waals surface area contributed by atoms with Crippen LogP contribution in [0.5, 0.6) is 5.88 Å². The Kier molecular flexibility index (Phi) is 2.37. The van der Waals surface area contributed by atoms with Gasteiger partial charge >= 0.3 is 0 Å². The summed E-state index contributed by atoms with van der Waals surface area (Å²) in [5.74, 6) is -0.214. The maximum atomic E-state index is 9.74. The largest absolute Gasteiger partial charge is 0.492 e. The van der Waals surface area contributed by atoms with Crippen molar-refractivity contribution in [3.63, 3.8) is 0 Å². The van der Waals surface area contributed by atoms with Gasteiger partial charge in [0.1, 0.15) is 12.3 Å². The quantitative estimate of drug-likeness (QED) is 0.613. The number of aromatic nitrogens is 2. The molecule has 0 spiro atoms. The van der Waals surface area contributed by atoms with Crippen molar-refractivity contribution in [2.75, 3.05) is 0 Å². The van der Waals surface area contributed by atoms with E-state index in [0.29, 0.717) is 0 Å². The highest BCUT2D eigenvalue weighted by Crippen LogP contribution is 2.08. The molecule has 0 saturated heterocycles. The molecular formula is C6H6N2O3. The van der Waals surface area contributed by atoms with Gasteiger partial charge in [-0.3, -0.25) is 9.78 Å². The lowest BCUT2D eigenvalue weighted by Gasteiger charge is -1.98. The van der Waals surface area contributed by atoms with Gasteiger partial charge in [0.25, 0.3) is 6.47 Å². The Balaban J connectivity index is 2.69. The summed E-state index contributed by atoms with van der Waals surface area (Å²) in [6, 6.07) is 0. The lowest BCUT2D eigenvalue weighted by molar-refractivity contribution is -0.129. The van der Waals surface area contributed by atoms with Crippen molar-refractivity contribution in [1.82, 2.24) is 9.97 Å². The van der Waals surface area contributed by atoms with E-state index in [1.807, 2.05) is 0 Å². The second kappa shape index (κ2) is 3.50. The molecule has 0 aliphatic carbocycles. The van der Waals surface area contributed by atoms with Crippen LogP contribution in [0, 0.1) is 0 Å². The van der Waals surface area contributed by atoms with Crippen LogP contribution >= 0.6 is 0 Å². The summed E-state index contributed by atoms with van der Waals surface area (Å²) in [6.07, 6.45) is 2.75. The molecule has 0 bridgehead atoms. The molecule has 0 radical (unpaired) electrons. The Morgan fingerprint density at radius 2 is 2.27 bits per heavy atom. The van der Waals surface area contributed by atoms with Crippen LogP contribution in [-0.2, 0) is 16.1 Å². The van der Waals surface area contributed by atoms with Crippen molar-refractivity contribution in [3.05, 3.63) is 18.1 Å². The van der Waals surface area contributed by atoms with Crippen LogP contribution in [0.15, 0.2) is 12.4 Å². The van der Waals surface area contributed by atoms with Crippen molar-refractivity contribution in [2.45, 2.75) is 6.61 Å². The number of carbonyl (C=O) groups is 1. The summed E-state index contributed by atoms with van der Waals surface area (Å²) in [5, 5.41) is 8.97. The molecule has 0 unspecified atom stereocenters. The summed E-state index contributed by atoms with van der Waals surface area (Å²) < 4.78 is 4.36. The number of hydrogen-bond donors (Lipinski definition) is 1. The number of ether oxygens (including phenoxy) is 1. The van der Waals surface area contributed by atoms with E-state index in [1.54, 1.807) is 0 Å². The predicted octanol–water partition coefficient (Wildman–Crippen LogP) is -0.145. The maximum absolute atomic E-state index is 9.74. The Bertz CT molecular complexity index is 251. The number of carbonyl (C=O) groups excluding carboxylic acids is 1. The van der Waals surface area contributed by atoms with Crippen LogP contribution in [0.1, 0.15) is 5.69 Å². The third kappa shape index (κ3) is 1.89. The molecule has 0 aliphatic rings. The van der Waals surface area contributed by atoms with Gasteiger partial charge < -0.3 is 9.84 Å². The minimum absolute atomic E-state index is 0.0524. The van der Waals surface area contributed by atoms with Gasteiger partial charge in [-0.2, -0.15) is 0 Å². The summed E-state index contributed by atoms with van der Waals surface area (Å²) >= 11 is 0.